The van der Waals surface area contributed by atoms with E-state index in [0.29, 0.717) is 13.0 Å². The van der Waals surface area contributed by atoms with Gasteiger partial charge in [-0.3, -0.25) is 14.7 Å². The number of benzene rings is 1. The predicted octanol–water partition coefficient (Wildman–Crippen LogP) is 2.73. The van der Waals surface area contributed by atoms with Crippen LogP contribution >= 0.6 is 0 Å². The van der Waals surface area contributed by atoms with Crippen molar-refractivity contribution in [2.24, 2.45) is 0 Å². The van der Waals surface area contributed by atoms with Gasteiger partial charge in [0.15, 0.2) is 5.69 Å². The highest BCUT2D eigenvalue weighted by atomic mass is 19.4. The van der Waals surface area contributed by atoms with Gasteiger partial charge in [0.25, 0.3) is 5.91 Å². The number of hydrogen-bond donors (Lipinski definition) is 1. The number of alkyl halides is 3. The molecule has 2 aliphatic rings. The van der Waals surface area contributed by atoms with Gasteiger partial charge in [0, 0.05) is 38.4 Å². The summed E-state index contributed by atoms with van der Waals surface area (Å²) in [5.74, 6) is -0.744. The molecule has 1 aromatic heterocycles. The van der Waals surface area contributed by atoms with Crippen molar-refractivity contribution in [2.75, 3.05) is 19.6 Å². The van der Waals surface area contributed by atoms with Crippen molar-refractivity contribution in [3.05, 3.63) is 65.0 Å². The second kappa shape index (κ2) is 7.76. The number of carbonyl (C=O) groups is 1. The molecule has 0 saturated carbocycles. The second-order valence-electron chi connectivity index (χ2n) is 7.56. The van der Waals surface area contributed by atoms with E-state index in [4.69, 9.17) is 0 Å². The van der Waals surface area contributed by atoms with Crippen LogP contribution in [0.15, 0.2) is 42.6 Å². The molecule has 1 N–H and O–H groups in total. The van der Waals surface area contributed by atoms with Crippen LogP contribution in [-0.2, 0) is 19.1 Å². The van der Waals surface area contributed by atoms with Gasteiger partial charge in [-0.1, -0.05) is 24.3 Å². The van der Waals surface area contributed by atoms with Crippen LogP contribution in [0.1, 0.15) is 33.6 Å². The average molecular weight is 405 g/mol. The normalized spacial score (nSPS) is 23.0. The first-order valence-corrected chi connectivity index (χ1v) is 9.65. The number of aromatic nitrogens is 1. The Morgan fingerprint density at radius 2 is 1.86 bits per heavy atom. The Labute approximate surface area is 166 Å². The third-order valence-electron chi connectivity index (χ3n) is 5.77. The minimum atomic E-state index is -4.70. The summed E-state index contributed by atoms with van der Waals surface area (Å²) >= 11 is 0. The van der Waals surface area contributed by atoms with Gasteiger partial charge in [-0.15, -0.1) is 0 Å². The molecule has 1 saturated heterocycles. The topological polar surface area (TPSA) is 56.7 Å². The van der Waals surface area contributed by atoms with Gasteiger partial charge in [-0.25, -0.2) is 0 Å². The number of likely N-dealkylation sites (tertiary alicyclic amines) is 1. The van der Waals surface area contributed by atoms with E-state index in [1.54, 1.807) is 0 Å². The molecule has 5 nitrogen and oxygen atoms in total. The van der Waals surface area contributed by atoms with E-state index in [1.807, 2.05) is 12.1 Å². The number of aliphatic hydroxyl groups excluding tert-OH is 1. The fourth-order valence-corrected chi connectivity index (χ4v) is 4.30. The van der Waals surface area contributed by atoms with E-state index in [1.165, 1.54) is 22.1 Å². The van der Waals surface area contributed by atoms with E-state index in [2.05, 4.69) is 22.0 Å². The van der Waals surface area contributed by atoms with Crippen LogP contribution in [0.5, 0.6) is 0 Å². The fraction of sp³-hybridized carbons (Fsp3) is 0.429. The Kier molecular flexibility index (Phi) is 5.31. The van der Waals surface area contributed by atoms with Crippen LogP contribution in [0, 0.1) is 0 Å². The molecule has 154 valence electrons. The molecule has 0 unspecified atom stereocenters. The summed E-state index contributed by atoms with van der Waals surface area (Å²) in [6, 6.07) is 10.5. The standard InChI is InChI=1S/C21H22F3N3O2/c22-21(23,24)19-16(6-3-9-25-19)20(29)27-11-8-17(18(28)13-27)26-10-7-14-4-1-2-5-15(14)12-26/h1-6,9,17-18,28H,7-8,10-13H2/t17-,18-/m1/s1. The lowest BCUT2D eigenvalue weighted by Gasteiger charge is -2.43. The van der Waals surface area contributed by atoms with E-state index in [-0.39, 0.29) is 12.6 Å². The first kappa shape index (κ1) is 19.8. The molecule has 0 aliphatic carbocycles. The SMILES string of the molecule is O=C(c1cccnc1C(F)(F)F)N1CC[C@@H](N2CCc3ccccc3C2)[C@H](O)C1. The highest BCUT2D eigenvalue weighted by Crippen LogP contribution is 2.31. The molecule has 0 radical (unpaired) electrons. The summed E-state index contributed by atoms with van der Waals surface area (Å²) in [4.78, 5) is 19.6. The Morgan fingerprint density at radius 1 is 1.10 bits per heavy atom. The molecule has 3 heterocycles. The summed E-state index contributed by atoms with van der Waals surface area (Å²) in [5.41, 5.74) is 0.878. The molecule has 1 fully saturated rings. The van der Waals surface area contributed by atoms with Crippen LogP contribution in [0.3, 0.4) is 0 Å². The van der Waals surface area contributed by atoms with Crippen LogP contribution in [0.25, 0.3) is 0 Å². The molecule has 29 heavy (non-hydrogen) atoms. The zero-order valence-corrected chi connectivity index (χ0v) is 15.8. The number of piperidine rings is 1. The quantitative estimate of drug-likeness (QED) is 0.835. The zero-order valence-electron chi connectivity index (χ0n) is 15.8. The molecule has 2 aromatic rings. The maximum absolute atomic E-state index is 13.2. The maximum Gasteiger partial charge on any atom is 0.434 e. The Morgan fingerprint density at radius 3 is 2.59 bits per heavy atom. The third kappa shape index (κ3) is 4.00. The summed E-state index contributed by atoms with van der Waals surface area (Å²) in [5, 5.41) is 10.7. The first-order chi connectivity index (χ1) is 13.8. The van der Waals surface area contributed by atoms with Gasteiger partial charge in [0.1, 0.15) is 0 Å². The summed E-state index contributed by atoms with van der Waals surface area (Å²) in [6.07, 6.45) is -3.09. The molecule has 1 amide bonds. The molecule has 1 aromatic carbocycles. The smallest absolute Gasteiger partial charge is 0.390 e. The first-order valence-electron chi connectivity index (χ1n) is 9.65. The highest BCUT2D eigenvalue weighted by Gasteiger charge is 2.40. The molecular formula is C21H22F3N3O2. The number of carbonyl (C=O) groups excluding carboxylic acids is 1. The summed E-state index contributed by atoms with van der Waals surface area (Å²) < 4.78 is 39.6. The fourth-order valence-electron chi connectivity index (χ4n) is 4.30. The van der Waals surface area contributed by atoms with Crippen LogP contribution in [-0.4, -0.2) is 57.6 Å². The molecule has 2 aliphatic heterocycles. The number of rotatable bonds is 2. The maximum atomic E-state index is 13.2. The Balaban J connectivity index is 1.46. The van der Waals surface area contributed by atoms with E-state index >= 15 is 0 Å². The Bertz CT molecular complexity index is 903. The van der Waals surface area contributed by atoms with Crippen molar-refractivity contribution in [1.29, 1.82) is 0 Å². The Hall–Kier alpha value is -2.45. The van der Waals surface area contributed by atoms with Crippen molar-refractivity contribution in [3.63, 3.8) is 0 Å². The number of halogens is 3. The minimum Gasteiger partial charge on any atom is -0.390 e. The van der Waals surface area contributed by atoms with Crippen molar-refractivity contribution in [2.45, 2.75) is 37.7 Å². The van der Waals surface area contributed by atoms with Crippen LogP contribution in [0.2, 0.25) is 0 Å². The van der Waals surface area contributed by atoms with Gasteiger partial charge >= 0.3 is 6.18 Å². The largest absolute Gasteiger partial charge is 0.434 e. The van der Waals surface area contributed by atoms with E-state index < -0.39 is 29.4 Å². The average Bonchev–Trinajstić information content (AvgIpc) is 2.72. The number of nitrogens with zero attached hydrogens (tertiary/aromatic N) is 3. The van der Waals surface area contributed by atoms with Gasteiger partial charge in [-0.05, 0) is 36.1 Å². The van der Waals surface area contributed by atoms with E-state index in [0.717, 1.165) is 31.8 Å². The van der Waals surface area contributed by atoms with Crippen LogP contribution < -0.4 is 0 Å². The lowest BCUT2D eigenvalue weighted by atomic mass is 9.94. The molecule has 0 bridgehead atoms. The zero-order chi connectivity index (χ0) is 20.6. The molecule has 8 heteroatoms. The van der Waals surface area contributed by atoms with E-state index in [9.17, 15) is 23.1 Å². The number of hydrogen-bond acceptors (Lipinski definition) is 4. The van der Waals surface area contributed by atoms with Crippen molar-refractivity contribution < 1.29 is 23.1 Å². The third-order valence-corrected chi connectivity index (χ3v) is 5.77. The van der Waals surface area contributed by atoms with Crippen molar-refractivity contribution >= 4 is 5.91 Å². The van der Waals surface area contributed by atoms with Crippen molar-refractivity contribution in [1.82, 2.24) is 14.8 Å². The number of amides is 1. The van der Waals surface area contributed by atoms with Crippen LogP contribution in [0.4, 0.5) is 13.2 Å². The van der Waals surface area contributed by atoms with Gasteiger partial charge in [0.2, 0.25) is 0 Å². The summed E-state index contributed by atoms with van der Waals surface area (Å²) in [7, 11) is 0. The summed E-state index contributed by atoms with van der Waals surface area (Å²) in [6.45, 7) is 1.85. The monoisotopic (exact) mass is 405 g/mol. The lowest BCUT2D eigenvalue weighted by molar-refractivity contribution is -0.141. The minimum absolute atomic E-state index is 0.00778. The predicted molar refractivity (Wildman–Crippen MR) is 100 cm³/mol. The molecule has 4 rings (SSSR count). The lowest BCUT2D eigenvalue weighted by Crippen LogP contribution is -2.56. The second-order valence-corrected chi connectivity index (χ2v) is 7.56. The number of aliphatic hydroxyl groups is 1. The number of pyridine rings is 1. The van der Waals surface area contributed by atoms with Gasteiger partial charge < -0.3 is 10.0 Å². The number of β-amino-alcohol motifs (C(OH)–C–C–N with tert-alkyl or cyclic N) is 1. The molecular weight excluding hydrogens is 383 g/mol. The number of fused-ring (bicyclic) bond motifs is 1. The van der Waals surface area contributed by atoms with Gasteiger partial charge in [-0.2, -0.15) is 13.2 Å². The van der Waals surface area contributed by atoms with Crippen molar-refractivity contribution in [3.8, 4) is 0 Å². The van der Waals surface area contributed by atoms with Gasteiger partial charge in [0.05, 0.1) is 11.7 Å². The highest BCUT2D eigenvalue weighted by molar-refractivity contribution is 5.95. The molecule has 2 atom stereocenters. The molecule has 0 spiro atoms.